The van der Waals surface area contributed by atoms with E-state index >= 15 is 0 Å². The molecule has 0 bridgehead atoms. The number of hydrogen-bond donors (Lipinski definition) is 0. The fourth-order valence-electron chi connectivity index (χ4n) is 1.93. The van der Waals surface area contributed by atoms with Gasteiger partial charge in [0, 0.05) is 23.5 Å². The lowest BCUT2D eigenvalue weighted by Crippen LogP contribution is -2.28. The summed E-state index contributed by atoms with van der Waals surface area (Å²) in [5, 5.41) is 4.09. The maximum Gasteiger partial charge on any atom is 0.168 e. The lowest BCUT2D eigenvalue weighted by atomic mass is 10.1. The highest BCUT2D eigenvalue weighted by Crippen LogP contribution is 2.35. The third-order valence-corrected chi connectivity index (χ3v) is 3.88. The van der Waals surface area contributed by atoms with E-state index < -0.39 is 0 Å². The van der Waals surface area contributed by atoms with Crippen LogP contribution in [-0.2, 0) is 0 Å². The molecule has 17 heavy (non-hydrogen) atoms. The average molecular weight is 332 g/mol. The van der Waals surface area contributed by atoms with Gasteiger partial charge in [-0.3, -0.25) is 4.99 Å². The van der Waals surface area contributed by atoms with Gasteiger partial charge in [0.1, 0.15) is 0 Å². The molecule has 0 amide bonds. The lowest BCUT2D eigenvalue weighted by molar-refractivity contribution is 0.542. The maximum absolute atomic E-state index is 5.89. The van der Waals surface area contributed by atoms with Gasteiger partial charge in [-0.1, -0.05) is 35.5 Å². The second-order valence-electron chi connectivity index (χ2n) is 3.80. The van der Waals surface area contributed by atoms with Gasteiger partial charge in [0.2, 0.25) is 0 Å². The highest BCUT2D eigenvalue weighted by Gasteiger charge is 2.25. The Morgan fingerprint density at radius 3 is 2.76 bits per heavy atom. The minimum Gasteiger partial charge on any atom is -0.320 e. The molecule has 2 aliphatic heterocycles. The van der Waals surface area contributed by atoms with E-state index in [0.29, 0.717) is 0 Å². The van der Waals surface area contributed by atoms with Crippen LogP contribution in [0.1, 0.15) is 12.0 Å². The van der Waals surface area contributed by atoms with Gasteiger partial charge in [0.25, 0.3) is 0 Å². The molecule has 1 aromatic rings. The lowest BCUT2D eigenvalue weighted by Gasteiger charge is -2.25. The number of hydrogen-bond acceptors (Lipinski definition) is 3. The minimum atomic E-state index is 0. The molecule has 0 aliphatic carbocycles. The number of rotatable bonds is 1. The van der Waals surface area contributed by atoms with Crippen LogP contribution in [0.25, 0.3) is 5.70 Å². The monoisotopic (exact) mass is 330 g/mol. The summed E-state index contributed by atoms with van der Waals surface area (Å²) in [4.78, 5) is 6.80. The Labute approximate surface area is 121 Å². The number of nitrogens with zero attached hydrogens (tertiary/aromatic N) is 2. The zero-order valence-electron chi connectivity index (χ0n) is 9.10. The highest BCUT2D eigenvalue weighted by atomic mass is 79.9. The van der Waals surface area contributed by atoms with Crippen molar-refractivity contribution in [1.29, 1.82) is 0 Å². The molecule has 0 radical (unpaired) electrons. The third-order valence-electron chi connectivity index (χ3n) is 2.72. The van der Waals surface area contributed by atoms with E-state index in [2.05, 4.69) is 27.4 Å². The van der Waals surface area contributed by atoms with E-state index in [4.69, 9.17) is 11.6 Å². The van der Waals surface area contributed by atoms with Crippen molar-refractivity contribution in [3.8, 4) is 0 Å². The third kappa shape index (κ3) is 2.54. The molecule has 2 nitrogen and oxygen atoms in total. The molecule has 0 fully saturated rings. The van der Waals surface area contributed by atoms with Crippen molar-refractivity contribution in [3.63, 3.8) is 0 Å². The summed E-state index contributed by atoms with van der Waals surface area (Å²) in [5.41, 5.74) is 2.46. The first-order valence-electron chi connectivity index (χ1n) is 5.29. The number of aliphatic imine (C=N–C) groups is 1. The highest BCUT2D eigenvalue weighted by molar-refractivity contribution is 8.93. The van der Waals surface area contributed by atoms with Gasteiger partial charge in [-0.05, 0) is 24.1 Å². The van der Waals surface area contributed by atoms with E-state index in [-0.39, 0.29) is 17.0 Å². The van der Waals surface area contributed by atoms with E-state index in [1.54, 1.807) is 11.8 Å². The Kier molecular flexibility index (Phi) is 4.17. The number of thioether (sulfide) groups is 1. The second-order valence-corrected chi connectivity index (χ2v) is 5.07. The van der Waals surface area contributed by atoms with Crippen LogP contribution in [0.4, 0.5) is 0 Å². The molecular weight excluding hydrogens is 320 g/mol. The molecular formula is C12H12BrClN2S. The molecule has 0 unspecified atom stereocenters. The molecule has 5 heteroatoms. The first-order valence-corrected chi connectivity index (χ1v) is 6.55. The van der Waals surface area contributed by atoms with Crippen LogP contribution in [0.15, 0.2) is 34.7 Å². The minimum absolute atomic E-state index is 0. The van der Waals surface area contributed by atoms with Crippen LogP contribution in [-0.4, -0.2) is 23.2 Å². The van der Waals surface area contributed by atoms with Gasteiger partial charge < -0.3 is 4.90 Å². The first kappa shape index (κ1) is 13.0. The molecule has 0 spiro atoms. The van der Waals surface area contributed by atoms with Gasteiger partial charge in [-0.2, -0.15) is 0 Å². The van der Waals surface area contributed by atoms with Crippen molar-refractivity contribution in [2.75, 3.05) is 13.1 Å². The molecule has 0 N–H and O–H groups in total. The van der Waals surface area contributed by atoms with Gasteiger partial charge in [-0.25, -0.2) is 0 Å². The summed E-state index contributed by atoms with van der Waals surface area (Å²) < 4.78 is 0. The van der Waals surface area contributed by atoms with E-state index in [0.717, 1.165) is 29.7 Å². The number of benzene rings is 1. The number of halogens is 2. The Morgan fingerprint density at radius 2 is 2.00 bits per heavy atom. The fourth-order valence-corrected chi connectivity index (χ4v) is 3.01. The van der Waals surface area contributed by atoms with Crippen molar-refractivity contribution in [3.05, 3.63) is 40.3 Å². The smallest absolute Gasteiger partial charge is 0.168 e. The number of fused-ring (bicyclic) bond motifs is 1. The zero-order chi connectivity index (χ0) is 11.0. The molecule has 2 aliphatic rings. The summed E-state index contributed by atoms with van der Waals surface area (Å²) in [6.45, 7) is 2.03. The van der Waals surface area contributed by atoms with Crippen LogP contribution in [0.3, 0.4) is 0 Å². The quantitative estimate of drug-likeness (QED) is 0.772. The van der Waals surface area contributed by atoms with Gasteiger partial charge >= 0.3 is 0 Å². The predicted octanol–water partition coefficient (Wildman–Crippen LogP) is 4.02. The van der Waals surface area contributed by atoms with E-state index in [1.807, 2.05) is 12.1 Å². The van der Waals surface area contributed by atoms with Crippen molar-refractivity contribution in [1.82, 2.24) is 4.90 Å². The molecule has 0 aromatic heterocycles. The normalized spacial score (nSPS) is 18.1. The van der Waals surface area contributed by atoms with E-state index in [9.17, 15) is 0 Å². The standard InChI is InChI=1S/C12H11ClN2S.BrH/c13-10-4-2-9(3-5-10)11-8-16-12-14-6-1-7-15(11)12;/h2-5,8H,1,6-7H2;1H. The molecule has 0 saturated carbocycles. The summed E-state index contributed by atoms with van der Waals surface area (Å²) >= 11 is 7.61. The largest absolute Gasteiger partial charge is 0.320 e. The Bertz CT molecular complexity index is 470. The van der Waals surface area contributed by atoms with E-state index in [1.165, 1.54) is 11.3 Å². The molecule has 2 heterocycles. The average Bonchev–Trinajstić information content (AvgIpc) is 2.74. The maximum atomic E-state index is 5.89. The van der Waals surface area contributed by atoms with Gasteiger partial charge in [-0.15, -0.1) is 17.0 Å². The van der Waals surface area contributed by atoms with Crippen LogP contribution in [0.5, 0.6) is 0 Å². The fraction of sp³-hybridized carbons (Fsp3) is 0.250. The van der Waals surface area contributed by atoms with Crippen LogP contribution in [0.2, 0.25) is 5.02 Å². The van der Waals surface area contributed by atoms with Gasteiger partial charge in [0.15, 0.2) is 5.17 Å². The Morgan fingerprint density at radius 1 is 1.24 bits per heavy atom. The van der Waals surface area contributed by atoms with Crippen molar-refractivity contribution in [2.24, 2.45) is 4.99 Å². The molecule has 1 aromatic carbocycles. The van der Waals surface area contributed by atoms with Crippen LogP contribution in [0, 0.1) is 0 Å². The second kappa shape index (κ2) is 5.46. The predicted molar refractivity (Wildman–Crippen MR) is 81.0 cm³/mol. The molecule has 0 saturated heterocycles. The van der Waals surface area contributed by atoms with Crippen LogP contribution >= 0.6 is 40.3 Å². The topological polar surface area (TPSA) is 15.6 Å². The summed E-state index contributed by atoms with van der Waals surface area (Å²) in [5.74, 6) is 0. The zero-order valence-corrected chi connectivity index (χ0v) is 12.4. The van der Waals surface area contributed by atoms with Crippen molar-refractivity contribution >= 4 is 51.2 Å². The SMILES string of the molecule is Br.Clc1ccc(C2=CSC3=NCCCN23)cc1. The number of amidine groups is 1. The first-order chi connectivity index (χ1) is 7.84. The molecule has 3 rings (SSSR count). The molecule has 90 valence electrons. The molecule has 0 atom stereocenters. The summed E-state index contributed by atoms with van der Waals surface area (Å²) in [6.07, 6.45) is 1.13. The Hall–Kier alpha value is -0.450. The summed E-state index contributed by atoms with van der Waals surface area (Å²) in [6, 6.07) is 7.99. The van der Waals surface area contributed by atoms with Crippen LogP contribution < -0.4 is 0 Å². The van der Waals surface area contributed by atoms with Crippen molar-refractivity contribution in [2.45, 2.75) is 6.42 Å². The Balaban J connectivity index is 0.00000108. The van der Waals surface area contributed by atoms with Gasteiger partial charge in [0.05, 0.1) is 5.70 Å². The van der Waals surface area contributed by atoms with Crippen molar-refractivity contribution < 1.29 is 0 Å². The summed E-state index contributed by atoms with van der Waals surface area (Å²) in [7, 11) is 0.